The van der Waals surface area contributed by atoms with Crippen molar-refractivity contribution in [1.82, 2.24) is 15.1 Å². The Morgan fingerprint density at radius 1 is 1.10 bits per heavy atom. The van der Waals surface area contributed by atoms with Gasteiger partial charge in [0.1, 0.15) is 0 Å². The topological polar surface area (TPSA) is 29.9 Å². The summed E-state index contributed by atoms with van der Waals surface area (Å²) in [6.07, 6.45) is 6.53. The zero-order chi connectivity index (χ0) is 15.1. The molecule has 3 nitrogen and oxygen atoms in total. The zero-order valence-corrected chi connectivity index (χ0v) is 13.7. The fourth-order valence-electron chi connectivity index (χ4n) is 2.66. The Morgan fingerprint density at radius 2 is 1.86 bits per heavy atom. The summed E-state index contributed by atoms with van der Waals surface area (Å²) >= 11 is 0. The van der Waals surface area contributed by atoms with Crippen LogP contribution in [-0.2, 0) is 13.1 Å². The molecule has 0 amide bonds. The maximum Gasteiger partial charge on any atom is 0.0841 e. The van der Waals surface area contributed by atoms with Gasteiger partial charge in [0.15, 0.2) is 0 Å². The Morgan fingerprint density at radius 3 is 2.62 bits per heavy atom. The minimum atomic E-state index is 0.489. The van der Waals surface area contributed by atoms with Gasteiger partial charge in [-0.2, -0.15) is 5.10 Å². The molecule has 0 aliphatic carbocycles. The Balaban J connectivity index is 2.04. The number of hydrogen-bond donors (Lipinski definition) is 1. The second-order valence-electron chi connectivity index (χ2n) is 6.14. The first kappa shape index (κ1) is 16.0. The summed E-state index contributed by atoms with van der Waals surface area (Å²) in [7, 11) is 0. The quantitative estimate of drug-likeness (QED) is 0.688. The van der Waals surface area contributed by atoms with Crippen LogP contribution in [0.25, 0.3) is 10.9 Å². The Labute approximate surface area is 128 Å². The van der Waals surface area contributed by atoms with Crippen LogP contribution in [0.15, 0.2) is 24.3 Å². The molecule has 1 N–H and O–H groups in total. The van der Waals surface area contributed by atoms with Gasteiger partial charge in [0, 0.05) is 24.5 Å². The smallest absolute Gasteiger partial charge is 0.0841 e. The van der Waals surface area contributed by atoms with Gasteiger partial charge in [-0.3, -0.25) is 4.68 Å². The van der Waals surface area contributed by atoms with Gasteiger partial charge < -0.3 is 5.32 Å². The van der Waals surface area contributed by atoms with Crippen LogP contribution in [0, 0.1) is 0 Å². The van der Waals surface area contributed by atoms with E-state index in [1.54, 1.807) is 0 Å². The average molecular weight is 287 g/mol. The van der Waals surface area contributed by atoms with Gasteiger partial charge in [-0.15, -0.1) is 0 Å². The van der Waals surface area contributed by atoms with Crippen LogP contribution >= 0.6 is 0 Å². The molecule has 3 heteroatoms. The lowest BCUT2D eigenvalue weighted by molar-refractivity contribution is 0.529. The Kier molecular flexibility index (Phi) is 6.24. The van der Waals surface area contributed by atoms with E-state index in [9.17, 15) is 0 Å². The molecule has 1 aromatic carbocycles. The number of benzene rings is 1. The normalized spacial score (nSPS) is 11.6. The number of unbranched alkanes of at least 4 members (excludes halogenated alkanes) is 4. The van der Waals surface area contributed by atoms with E-state index in [4.69, 9.17) is 5.10 Å². The first-order chi connectivity index (χ1) is 10.2. The molecule has 2 aromatic rings. The molecule has 0 saturated heterocycles. The molecule has 0 saturated carbocycles. The largest absolute Gasteiger partial charge is 0.309 e. The van der Waals surface area contributed by atoms with E-state index in [-0.39, 0.29) is 0 Å². The van der Waals surface area contributed by atoms with Crippen LogP contribution in [0.5, 0.6) is 0 Å². The summed E-state index contributed by atoms with van der Waals surface area (Å²) in [5, 5.41) is 9.60. The van der Waals surface area contributed by atoms with Gasteiger partial charge in [0.05, 0.1) is 11.2 Å². The average Bonchev–Trinajstić information content (AvgIpc) is 2.83. The molecule has 116 valence electrons. The van der Waals surface area contributed by atoms with Crippen molar-refractivity contribution in [3.05, 3.63) is 30.0 Å². The van der Waals surface area contributed by atoms with Crippen molar-refractivity contribution in [2.75, 3.05) is 0 Å². The minimum absolute atomic E-state index is 0.489. The van der Waals surface area contributed by atoms with Gasteiger partial charge in [-0.05, 0) is 12.5 Å². The van der Waals surface area contributed by atoms with Crippen LogP contribution in [0.1, 0.15) is 58.6 Å². The molecule has 2 rings (SSSR count). The predicted molar refractivity (Wildman–Crippen MR) is 90.5 cm³/mol. The van der Waals surface area contributed by atoms with Crippen LogP contribution in [0.4, 0.5) is 0 Å². The van der Waals surface area contributed by atoms with Gasteiger partial charge >= 0.3 is 0 Å². The summed E-state index contributed by atoms with van der Waals surface area (Å²) in [4.78, 5) is 0. The number of aryl methyl sites for hydroxylation is 1. The van der Waals surface area contributed by atoms with Crippen LogP contribution < -0.4 is 5.32 Å². The van der Waals surface area contributed by atoms with Gasteiger partial charge in [-0.25, -0.2) is 0 Å². The van der Waals surface area contributed by atoms with Crippen molar-refractivity contribution in [3.63, 3.8) is 0 Å². The minimum Gasteiger partial charge on any atom is -0.309 e. The first-order valence-electron chi connectivity index (χ1n) is 8.40. The van der Waals surface area contributed by atoms with Gasteiger partial charge in [0.2, 0.25) is 0 Å². The third-order valence-electron chi connectivity index (χ3n) is 3.89. The molecule has 0 spiro atoms. The highest BCUT2D eigenvalue weighted by molar-refractivity contribution is 5.81. The number of nitrogens with one attached hydrogen (secondary N) is 1. The molecule has 1 heterocycles. The summed E-state index contributed by atoms with van der Waals surface area (Å²) in [5.74, 6) is 0. The summed E-state index contributed by atoms with van der Waals surface area (Å²) < 4.78 is 2.19. The van der Waals surface area contributed by atoms with Crippen molar-refractivity contribution in [1.29, 1.82) is 0 Å². The third kappa shape index (κ3) is 4.57. The molecular weight excluding hydrogens is 258 g/mol. The van der Waals surface area contributed by atoms with Crippen molar-refractivity contribution in [2.24, 2.45) is 0 Å². The lowest BCUT2D eigenvalue weighted by Crippen LogP contribution is -2.22. The van der Waals surface area contributed by atoms with Crippen LogP contribution in [0.3, 0.4) is 0 Å². The Hall–Kier alpha value is -1.35. The number of fused-ring (bicyclic) bond motifs is 1. The molecule has 1 aromatic heterocycles. The highest BCUT2D eigenvalue weighted by atomic mass is 15.3. The molecule has 0 aliphatic heterocycles. The van der Waals surface area contributed by atoms with E-state index < -0.39 is 0 Å². The summed E-state index contributed by atoms with van der Waals surface area (Å²) in [6, 6.07) is 9.08. The lowest BCUT2D eigenvalue weighted by Gasteiger charge is -2.05. The number of hydrogen-bond acceptors (Lipinski definition) is 2. The van der Waals surface area contributed by atoms with E-state index in [1.807, 2.05) is 0 Å². The molecule has 0 aliphatic rings. The van der Waals surface area contributed by atoms with Crippen molar-refractivity contribution in [3.8, 4) is 0 Å². The SMILES string of the molecule is CCCCCCCn1nc(CNC(C)C)c2ccccc21. The van der Waals surface area contributed by atoms with E-state index >= 15 is 0 Å². The molecule has 21 heavy (non-hydrogen) atoms. The standard InChI is InChI=1S/C18H29N3/c1-4-5-6-7-10-13-21-18-12-9-8-11-16(18)17(20-21)14-19-15(2)3/h8-9,11-12,15,19H,4-7,10,13-14H2,1-3H3. The second kappa shape index (κ2) is 8.18. The number of para-hydroxylation sites is 1. The van der Waals surface area contributed by atoms with Crippen molar-refractivity contribution >= 4 is 10.9 Å². The highest BCUT2D eigenvalue weighted by Crippen LogP contribution is 2.19. The lowest BCUT2D eigenvalue weighted by atomic mass is 10.1. The number of aromatic nitrogens is 2. The fraction of sp³-hybridized carbons (Fsp3) is 0.611. The maximum atomic E-state index is 4.83. The number of rotatable bonds is 9. The van der Waals surface area contributed by atoms with E-state index in [0.717, 1.165) is 13.1 Å². The molecule has 0 bridgehead atoms. The Bertz CT molecular complexity index is 542. The molecule has 0 radical (unpaired) electrons. The highest BCUT2D eigenvalue weighted by Gasteiger charge is 2.09. The van der Waals surface area contributed by atoms with E-state index in [2.05, 4.69) is 55.0 Å². The monoisotopic (exact) mass is 287 g/mol. The predicted octanol–water partition coefficient (Wildman–Crippen LogP) is 4.50. The number of nitrogens with zero attached hydrogens (tertiary/aromatic N) is 2. The molecule has 0 fully saturated rings. The molecule has 0 atom stereocenters. The van der Waals surface area contributed by atoms with Crippen molar-refractivity contribution in [2.45, 2.75) is 72.0 Å². The zero-order valence-electron chi connectivity index (χ0n) is 13.7. The molecule has 0 unspecified atom stereocenters. The van der Waals surface area contributed by atoms with Crippen molar-refractivity contribution < 1.29 is 0 Å². The fourth-order valence-corrected chi connectivity index (χ4v) is 2.66. The summed E-state index contributed by atoms with van der Waals surface area (Å²) in [5.41, 5.74) is 2.45. The third-order valence-corrected chi connectivity index (χ3v) is 3.89. The van der Waals surface area contributed by atoms with Crippen LogP contribution in [-0.4, -0.2) is 15.8 Å². The van der Waals surface area contributed by atoms with E-state index in [1.165, 1.54) is 48.7 Å². The van der Waals surface area contributed by atoms with E-state index in [0.29, 0.717) is 6.04 Å². The first-order valence-corrected chi connectivity index (χ1v) is 8.40. The van der Waals surface area contributed by atoms with Crippen LogP contribution in [0.2, 0.25) is 0 Å². The maximum absolute atomic E-state index is 4.83. The van der Waals surface area contributed by atoms with Gasteiger partial charge in [-0.1, -0.05) is 64.7 Å². The second-order valence-corrected chi connectivity index (χ2v) is 6.14. The van der Waals surface area contributed by atoms with Gasteiger partial charge in [0.25, 0.3) is 0 Å². The molecular formula is C18H29N3. The summed E-state index contributed by atoms with van der Waals surface area (Å²) in [6.45, 7) is 8.49.